The van der Waals surface area contributed by atoms with E-state index in [0.29, 0.717) is 12.0 Å². The van der Waals surface area contributed by atoms with Crippen molar-refractivity contribution in [2.75, 3.05) is 6.54 Å². The number of halogens is 1. The SMILES string of the molecule is Fc1ccc(C(NCCc2ncc[nH]2)C2CC2)cc1. The Morgan fingerprint density at radius 1 is 1.32 bits per heavy atom. The van der Waals surface area contributed by atoms with Crippen LogP contribution in [0.5, 0.6) is 0 Å². The molecule has 0 spiro atoms. The lowest BCUT2D eigenvalue weighted by molar-refractivity contribution is 0.481. The Morgan fingerprint density at radius 3 is 2.74 bits per heavy atom. The van der Waals surface area contributed by atoms with Gasteiger partial charge < -0.3 is 10.3 Å². The Balaban J connectivity index is 1.60. The second kappa shape index (κ2) is 5.53. The first-order valence-electron chi connectivity index (χ1n) is 6.80. The third kappa shape index (κ3) is 3.20. The van der Waals surface area contributed by atoms with Crippen molar-refractivity contribution in [3.8, 4) is 0 Å². The number of rotatable bonds is 6. The molecular formula is C15H18FN3. The fourth-order valence-corrected chi connectivity index (χ4v) is 2.44. The molecule has 0 amide bonds. The zero-order valence-electron chi connectivity index (χ0n) is 10.8. The zero-order chi connectivity index (χ0) is 13.1. The third-order valence-electron chi connectivity index (χ3n) is 3.60. The number of imidazole rings is 1. The summed E-state index contributed by atoms with van der Waals surface area (Å²) in [4.78, 5) is 7.32. The van der Waals surface area contributed by atoms with Crippen LogP contribution in [0.4, 0.5) is 4.39 Å². The molecule has 1 aliphatic carbocycles. The van der Waals surface area contributed by atoms with Crippen molar-refractivity contribution in [1.82, 2.24) is 15.3 Å². The molecule has 3 nitrogen and oxygen atoms in total. The van der Waals surface area contributed by atoms with Gasteiger partial charge in [0.15, 0.2) is 0 Å². The number of nitrogens with zero attached hydrogens (tertiary/aromatic N) is 1. The van der Waals surface area contributed by atoms with Crippen molar-refractivity contribution in [3.05, 3.63) is 53.9 Å². The van der Waals surface area contributed by atoms with Crippen LogP contribution in [0.1, 0.15) is 30.3 Å². The van der Waals surface area contributed by atoms with E-state index in [4.69, 9.17) is 0 Å². The van der Waals surface area contributed by atoms with E-state index in [-0.39, 0.29) is 5.82 Å². The van der Waals surface area contributed by atoms with E-state index in [9.17, 15) is 4.39 Å². The molecule has 1 unspecified atom stereocenters. The Kier molecular flexibility index (Phi) is 3.60. The van der Waals surface area contributed by atoms with Crippen LogP contribution in [0.15, 0.2) is 36.7 Å². The summed E-state index contributed by atoms with van der Waals surface area (Å²) in [5.41, 5.74) is 1.18. The summed E-state index contributed by atoms with van der Waals surface area (Å²) >= 11 is 0. The minimum atomic E-state index is -0.172. The fourth-order valence-electron chi connectivity index (χ4n) is 2.44. The van der Waals surface area contributed by atoms with Gasteiger partial charge in [-0.25, -0.2) is 9.37 Å². The molecule has 2 aromatic rings. The van der Waals surface area contributed by atoms with Gasteiger partial charge in [-0.3, -0.25) is 0 Å². The molecular weight excluding hydrogens is 241 g/mol. The molecule has 0 aliphatic heterocycles. The maximum atomic E-state index is 13.0. The number of aromatic nitrogens is 2. The molecule has 4 heteroatoms. The van der Waals surface area contributed by atoms with Gasteiger partial charge in [0, 0.05) is 31.4 Å². The molecule has 1 aliphatic rings. The van der Waals surface area contributed by atoms with Crippen LogP contribution in [-0.4, -0.2) is 16.5 Å². The number of nitrogens with one attached hydrogen (secondary N) is 2. The number of aromatic amines is 1. The maximum Gasteiger partial charge on any atom is 0.123 e. The maximum absolute atomic E-state index is 13.0. The molecule has 1 heterocycles. The predicted octanol–water partition coefficient (Wildman–Crippen LogP) is 2.83. The molecule has 19 heavy (non-hydrogen) atoms. The average Bonchev–Trinajstić information content (AvgIpc) is 3.13. The van der Waals surface area contributed by atoms with Gasteiger partial charge in [-0.15, -0.1) is 0 Å². The number of benzene rings is 1. The molecule has 100 valence electrons. The van der Waals surface area contributed by atoms with E-state index in [1.165, 1.54) is 18.4 Å². The average molecular weight is 259 g/mol. The summed E-state index contributed by atoms with van der Waals surface area (Å²) in [5.74, 6) is 1.53. The summed E-state index contributed by atoms with van der Waals surface area (Å²) in [7, 11) is 0. The quantitative estimate of drug-likeness (QED) is 0.837. The molecule has 1 aromatic heterocycles. The van der Waals surface area contributed by atoms with Crippen LogP contribution < -0.4 is 5.32 Å². The van der Waals surface area contributed by atoms with E-state index in [1.807, 2.05) is 18.3 Å². The second-order valence-electron chi connectivity index (χ2n) is 5.11. The number of H-pyrrole nitrogens is 1. The van der Waals surface area contributed by atoms with Crippen LogP contribution in [-0.2, 0) is 6.42 Å². The molecule has 0 saturated heterocycles. The Bertz CT molecular complexity index is 503. The predicted molar refractivity (Wildman–Crippen MR) is 72.2 cm³/mol. The number of hydrogen-bond acceptors (Lipinski definition) is 2. The van der Waals surface area contributed by atoms with Crippen LogP contribution in [0, 0.1) is 11.7 Å². The van der Waals surface area contributed by atoms with Crippen LogP contribution >= 0.6 is 0 Å². The lowest BCUT2D eigenvalue weighted by Crippen LogP contribution is -2.25. The summed E-state index contributed by atoms with van der Waals surface area (Å²) in [5, 5.41) is 3.57. The van der Waals surface area contributed by atoms with Crippen LogP contribution in [0.25, 0.3) is 0 Å². The van der Waals surface area contributed by atoms with Gasteiger partial charge in [0.05, 0.1) is 0 Å². The minimum Gasteiger partial charge on any atom is -0.349 e. The van der Waals surface area contributed by atoms with E-state index in [1.54, 1.807) is 18.3 Å². The molecule has 2 N–H and O–H groups in total. The second-order valence-corrected chi connectivity index (χ2v) is 5.11. The smallest absolute Gasteiger partial charge is 0.123 e. The van der Waals surface area contributed by atoms with E-state index in [2.05, 4.69) is 15.3 Å². The van der Waals surface area contributed by atoms with Crippen molar-refractivity contribution in [3.63, 3.8) is 0 Å². The van der Waals surface area contributed by atoms with Gasteiger partial charge in [0.2, 0.25) is 0 Å². The van der Waals surface area contributed by atoms with Gasteiger partial charge in [-0.1, -0.05) is 12.1 Å². The summed E-state index contributed by atoms with van der Waals surface area (Å²) in [6, 6.07) is 7.20. The lowest BCUT2D eigenvalue weighted by Gasteiger charge is -2.18. The van der Waals surface area contributed by atoms with Crippen LogP contribution in [0.2, 0.25) is 0 Å². The Labute approximate surface area is 112 Å². The van der Waals surface area contributed by atoms with Crippen molar-refractivity contribution in [2.24, 2.45) is 5.92 Å². The van der Waals surface area contributed by atoms with Crippen molar-refractivity contribution in [2.45, 2.75) is 25.3 Å². The normalized spacial score (nSPS) is 16.5. The largest absolute Gasteiger partial charge is 0.349 e. The van der Waals surface area contributed by atoms with Gasteiger partial charge in [-0.05, 0) is 36.5 Å². The first kappa shape index (κ1) is 12.4. The Hall–Kier alpha value is -1.68. The standard InChI is InChI=1S/C15H18FN3/c16-13-5-3-12(4-6-13)15(11-1-2-11)19-8-7-14-17-9-10-18-14/h3-6,9-11,15,19H,1-2,7-8H2,(H,17,18). The molecule has 3 rings (SSSR count). The van der Waals surface area contributed by atoms with Crippen molar-refractivity contribution < 1.29 is 4.39 Å². The van der Waals surface area contributed by atoms with E-state index in [0.717, 1.165) is 18.8 Å². The fraction of sp³-hybridized carbons (Fsp3) is 0.400. The monoisotopic (exact) mass is 259 g/mol. The highest BCUT2D eigenvalue weighted by molar-refractivity contribution is 5.22. The van der Waals surface area contributed by atoms with Gasteiger partial charge >= 0.3 is 0 Å². The van der Waals surface area contributed by atoms with Crippen LogP contribution in [0.3, 0.4) is 0 Å². The van der Waals surface area contributed by atoms with Gasteiger partial charge in [0.25, 0.3) is 0 Å². The Morgan fingerprint density at radius 2 is 2.11 bits per heavy atom. The highest BCUT2D eigenvalue weighted by Crippen LogP contribution is 2.40. The lowest BCUT2D eigenvalue weighted by atomic mass is 10.0. The van der Waals surface area contributed by atoms with Crippen molar-refractivity contribution >= 4 is 0 Å². The molecule has 1 saturated carbocycles. The highest BCUT2D eigenvalue weighted by atomic mass is 19.1. The van der Waals surface area contributed by atoms with Gasteiger partial charge in [0.1, 0.15) is 11.6 Å². The van der Waals surface area contributed by atoms with Crippen molar-refractivity contribution in [1.29, 1.82) is 0 Å². The highest BCUT2D eigenvalue weighted by Gasteiger charge is 2.31. The molecule has 0 radical (unpaired) electrons. The third-order valence-corrected chi connectivity index (χ3v) is 3.60. The molecule has 1 aromatic carbocycles. The topological polar surface area (TPSA) is 40.7 Å². The molecule has 0 bridgehead atoms. The number of hydrogen-bond donors (Lipinski definition) is 2. The van der Waals surface area contributed by atoms with Gasteiger partial charge in [-0.2, -0.15) is 0 Å². The van der Waals surface area contributed by atoms with E-state index >= 15 is 0 Å². The minimum absolute atomic E-state index is 0.172. The zero-order valence-corrected chi connectivity index (χ0v) is 10.8. The first-order valence-corrected chi connectivity index (χ1v) is 6.80. The summed E-state index contributed by atoms with van der Waals surface area (Å²) in [6.45, 7) is 0.881. The van der Waals surface area contributed by atoms with E-state index < -0.39 is 0 Å². The molecule has 1 fully saturated rings. The first-order chi connectivity index (χ1) is 9.33. The summed E-state index contributed by atoms with van der Waals surface area (Å²) in [6.07, 6.45) is 7.02. The molecule has 1 atom stereocenters. The summed E-state index contributed by atoms with van der Waals surface area (Å²) < 4.78 is 13.0.